The second-order valence-electron chi connectivity index (χ2n) is 3.21. The number of hydrogen-bond acceptors (Lipinski definition) is 4. The van der Waals surface area contributed by atoms with Crippen molar-refractivity contribution in [3.8, 4) is 0 Å². The molecule has 0 atom stereocenters. The molecule has 1 aliphatic heterocycles. The number of rotatable bonds is 3. The van der Waals surface area contributed by atoms with Gasteiger partial charge < -0.3 is 5.73 Å². The van der Waals surface area contributed by atoms with Gasteiger partial charge in [0.15, 0.2) is 0 Å². The number of hydrogen-bond donors (Lipinski definition) is 1. The Labute approximate surface area is 88.7 Å². The fourth-order valence-electron chi connectivity index (χ4n) is 1.34. The van der Waals surface area contributed by atoms with Crippen molar-refractivity contribution in [1.29, 1.82) is 0 Å². The largest absolute Gasteiger partial charge is 0.327 e. The van der Waals surface area contributed by atoms with Crippen LogP contribution in [0.15, 0.2) is 11.6 Å². The van der Waals surface area contributed by atoms with Crippen LogP contribution in [0, 0.1) is 0 Å². The summed E-state index contributed by atoms with van der Waals surface area (Å²) in [6.07, 6.45) is 2.12. The Bertz CT molecular complexity index is 163. The molecule has 1 heterocycles. The van der Waals surface area contributed by atoms with Gasteiger partial charge in [-0.1, -0.05) is 33.2 Å². The van der Waals surface area contributed by atoms with Crippen molar-refractivity contribution in [2.45, 2.75) is 6.92 Å². The van der Waals surface area contributed by atoms with E-state index in [9.17, 15) is 0 Å². The van der Waals surface area contributed by atoms with Crippen molar-refractivity contribution >= 4 is 21.6 Å². The number of nitrogens with two attached hydrogens (primary N) is 1. The summed E-state index contributed by atoms with van der Waals surface area (Å²) in [5.74, 6) is 2.50. The minimum atomic E-state index is 0.670. The molecule has 0 aromatic carbocycles. The highest BCUT2D eigenvalue weighted by molar-refractivity contribution is 8.76. The standard InChI is InChI=1S/C9H18N2S2/c1-9(2-3-10)8-11-4-6-12-13-7-5-11/h2H,3-8,10H2,1H3/b9-2+. The second-order valence-corrected chi connectivity index (χ2v) is 5.91. The fourth-order valence-corrected chi connectivity index (χ4v) is 3.39. The first-order chi connectivity index (χ1) is 6.33. The molecule has 1 aliphatic rings. The third-order valence-electron chi connectivity index (χ3n) is 2.00. The SMILES string of the molecule is C/C(=C\CN)CN1CCSSCC1. The topological polar surface area (TPSA) is 29.3 Å². The van der Waals surface area contributed by atoms with Gasteiger partial charge in [0, 0.05) is 37.7 Å². The van der Waals surface area contributed by atoms with Gasteiger partial charge in [-0.05, 0) is 6.92 Å². The smallest absolute Gasteiger partial charge is 0.0191 e. The van der Waals surface area contributed by atoms with E-state index in [0.717, 1.165) is 6.54 Å². The van der Waals surface area contributed by atoms with Gasteiger partial charge in [0.2, 0.25) is 0 Å². The van der Waals surface area contributed by atoms with Gasteiger partial charge in [-0.2, -0.15) is 0 Å². The van der Waals surface area contributed by atoms with E-state index in [1.807, 2.05) is 21.6 Å². The van der Waals surface area contributed by atoms with Crippen LogP contribution < -0.4 is 5.73 Å². The van der Waals surface area contributed by atoms with Crippen LogP contribution in [0.3, 0.4) is 0 Å². The molecule has 2 nitrogen and oxygen atoms in total. The lowest BCUT2D eigenvalue weighted by molar-refractivity contribution is 0.336. The van der Waals surface area contributed by atoms with Crippen LogP contribution in [0.1, 0.15) is 6.92 Å². The Morgan fingerprint density at radius 3 is 2.54 bits per heavy atom. The van der Waals surface area contributed by atoms with Crippen LogP contribution in [0.25, 0.3) is 0 Å². The fraction of sp³-hybridized carbons (Fsp3) is 0.778. The number of nitrogens with zero attached hydrogens (tertiary/aromatic N) is 1. The lowest BCUT2D eigenvalue weighted by Gasteiger charge is -2.19. The maximum atomic E-state index is 5.46. The second kappa shape index (κ2) is 6.76. The summed E-state index contributed by atoms with van der Waals surface area (Å²) in [5, 5.41) is 0. The van der Waals surface area contributed by atoms with Gasteiger partial charge in [-0.15, -0.1) is 0 Å². The van der Waals surface area contributed by atoms with Gasteiger partial charge in [0.1, 0.15) is 0 Å². The molecule has 0 aromatic rings. The molecule has 0 spiro atoms. The Kier molecular flexibility index (Phi) is 5.95. The monoisotopic (exact) mass is 218 g/mol. The zero-order chi connectivity index (χ0) is 9.52. The Hall–Kier alpha value is 0.360. The molecule has 0 bridgehead atoms. The quantitative estimate of drug-likeness (QED) is 0.575. The molecule has 1 saturated heterocycles. The molecule has 4 heteroatoms. The molecule has 1 fully saturated rings. The van der Waals surface area contributed by atoms with Crippen molar-refractivity contribution in [2.24, 2.45) is 5.73 Å². The lowest BCUT2D eigenvalue weighted by Crippen LogP contribution is -2.28. The van der Waals surface area contributed by atoms with E-state index in [1.165, 1.54) is 30.2 Å². The highest BCUT2D eigenvalue weighted by atomic mass is 33.1. The zero-order valence-electron chi connectivity index (χ0n) is 8.16. The molecule has 76 valence electrons. The highest BCUT2D eigenvalue weighted by Gasteiger charge is 2.08. The van der Waals surface area contributed by atoms with Crippen LogP contribution in [0.4, 0.5) is 0 Å². The van der Waals surface area contributed by atoms with E-state index in [4.69, 9.17) is 5.73 Å². The predicted octanol–water partition coefficient (Wildman–Crippen LogP) is 1.59. The Morgan fingerprint density at radius 1 is 1.38 bits per heavy atom. The molecule has 0 unspecified atom stereocenters. The molecule has 0 aromatic heterocycles. The van der Waals surface area contributed by atoms with Crippen LogP contribution in [-0.4, -0.2) is 42.6 Å². The average Bonchev–Trinajstić information content (AvgIpc) is 2.33. The van der Waals surface area contributed by atoms with E-state index >= 15 is 0 Å². The van der Waals surface area contributed by atoms with Crippen LogP contribution >= 0.6 is 21.6 Å². The molecule has 2 N–H and O–H groups in total. The van der Waals surface area contributed by atoms with Crippen LogP contribution in [0.2, 0.25) is 0 Å². The van der Waals surface area contributed by atoms with E-state index in [0.29, 0.717) is 6.54 Å². The summed E-state index contributed by atoms with van der Waals surface area (Å²) in [4.78, 5) is 2.51. The summed E-state index contributed by atoms with van der Waals surface area (Å²) in [6.45, 7) is 6.36. The first-order valence-electron chi connectivity index (χ1n) is 4.65. The van der Waals surface area contributed by atoms with Crippen molar-refractivity contribution < 1.29 is 0 Å². The maximum Gasteiger partial charge on any atom is 0.0191 e. The van der Waals surface area contributed by atoms with E-state index < -0.39 is 0 Å². The van der Waals surface area contributed by atoms with Gasteiger partial charge in [0.05, 0.1) is 0 Å². The molecule has 0 amide bonds. The van der Waals surface area contributed by atoms with E-state index in [1.54, 1.807) is 0 Å². The zero-order valence-corrected chi connectivity index (χ0v) is 9.79. The molecular formula is C9H18N2S2. The Morgan fingerprint density at radius 2 is 2.00 bits per heavy atom. The first-order valence-corrected chi connectivity index (χ1v) is 7.14. The Balaban J connectivity index is 2.29. The van der Waals surface area contributed by atoms with Crippen molar-refractivity contribution in [2.75, 3.05) is 37.7 Å². The van der Waals surface area contributed by atoms with Gasteiger partial charge in [-0.3, -0.25) is 4.90 Å². The normalized spacial score (nSPS) is 21.5. The minimum Gasteiger partial charge on any atom is -0.327 e. The third kappa shape index (κ3) is 4.96. The van der Waals surface area contributed by atoms with Crippen molar-refractivity contribution in [3.05, 3.63) is 11.6 Å². The first kappa shape index (κ1) is 11.4. The summed E-state index contributed by atoms with van der Waals surface area (Å²) >= 11 is 0. The van der Waals surface area contributed by atoms with Crippen molar-refractivity contribution in [1.82, 2.24) is 4.90 Å². The molecular weight excluding hydrogens is 200 g/mol. The van der Waals surface area contributed by atoms with Crippen LogP contribution in [-0.2, 0) is 0 Å². The van der Waals surface area contributed by atoms with Crippen molar-refractivity contribution in [3.63, 3.8) is 0 Å². The molecule has 1 rings (SSSR count). The van der Waals surface area contributed by atoms with E-state index in [-0.39, 0.29) is 0 Å². The predicted molar refractivity (Wildman–Crippen MR) is 64.2 cm³/mol. The molecule has 0 aliphatic carbocycles. The summed E-state index contributed by atoms with van der Waals surface area (Å²) < 4.78 is 0. The lowest BCUT2D eigenvalue weighted by atomic mass is 10.2. The summed E-state index contributed by atoms with van der Waals surface area (Å²) in [5.41, 5.74) is 6.86. The van der Waals surface area contributed by atoms with Crippen LogP contribution in [0.5, 0.6) is 0 Å². The molecule has 0 radical (unpaired) electrons. The molecule has 13 heavy (non-hydrogen) atoms. The van der Waals surface area contributed by atoms with Gasteiger partial charge in [-0.25, -0.2) is 0 Å². The van der Waals surface area contributed by atoms with E-state index in [2.05, 4.69) is 17.9 Å². The highest BCUT2D eigenvalue weighted by Crippen LogP contribution is 2.23. The molecule has 0 saturated carbocycles. The van der Waals surface area contributed by atoms with Gasteiger partial charge in [0.25, 0.3) is 0 Å². The third-order valence-corrected chi connectivity index (χ3v) is 4.37. The average molecular weight is 218 g/mol. The summed E-state index contributed by atoms with van der Waals surface area (Å²) in [7, 11) is 3.98. The minimum absolute atomic E-state index is 0.670. The maximum absolute atomic E-state index is 5.46. The van der Waals surface area contributed by atoms with Gasteiger partial charge >= 0.3 is 0 Å². The summed E-state index contributed by atoms with van der Waals surface area (Å²) in [6, 6.07) is 0.